The van der Waals surface area contributed by atoms with E-state index >= 15 is 0 Å². The minimum Gasteiger partial charge on any atom is -0.383 e. The van der Waals surface area contributed by atoms with Crippen molar-refractivity contribution in [3.63, 3.8) is 0 Å². The van der Waals surface area contributed by atoms with Crippen LogP contribution >= 0.6 is 11.3 Å². The van der Waals surface area contributed by atoms with Gasteiger partial charge in [-0.25, -0.2) is 4.98 Å². The van der Waals surface area contributed by atoms with Crippen molar-refractivity contribution < 1.29 is 0 Å². The van der Waals surface area contributed by atoms with Crippen LogP contribution in [0.15, 0.2) is 22.6 Å². The molecule has 0 atom stereocenters. The third-order valence-electron chi connectivity index (χ3n) is 2.61. The molecule has 0 saturated carbocycles. The molecule has 5 heteroatoms. The standard InChI is InChI=1S/C13H16N4S/c1-8-4-9(2)11(10(3)5-8)6-15-17-13-16-12(14)7-18-13/h4-7H,14H2,1-3H3,(H,16,17). The molecular weight excluding hydrogens is 244 g/mol. The molecular formula is C13H16N4S. The number of rotatable bonds is 3. The van der Waals surface area contributed by atoms with Crippen LogP contribution in [0.1, 0.15) is 22.3 Å². The normalized spacial score (nSPS) is 11.1. The highest BCUT2D eigenvalue weighted by molar-refractivity contribution is 7.14. The van der Waals surface area contributed by atoms with Crippen molar-refractivity contribution in [3.05, 3.63) is 39.8 Å². The summed E-state index contributed by atoms with van der Waals surface area (Å²) in [6, 6.07) is 4.30. The van der Waals surface area contributed by atoms with Gasteiger partial charge >= 0.3 is 0 Å². The Labute approximate surface area is 111 Å². The average molecular weight is 260 g/mol. The van der Waals surface area contributed by atoms with Crippen molar-refractivity contribution in [1.29, 1.82) is 0 Å². The topological polar surface area (TPSA) is 63.3 Å². The van der Waals surface area contributed by atoms with E-state index in [1.54, 1.807) is 5.38 Å². The molecule has 1 heterocycles. The van der Waals surface area contributed by atoms with Gasteiger partial charge in [-0.05, 0) is 31.9 Å². The first-order valence-corrected chi connectivity index (χ1v) is 6.52. The molecule has 0 bridgehead atoms. The molecule has 0 saturated heterocycles. The van der Waals surface area contributed by atoms with Crippen LogP contribution in [-0.2, 0) is 0 Å². The van der Waals surface area contributed by atoms with Gasteiger partial charge in [-0.3, -0.25) is 5.43 Å². The Morgan fingerprint density at radius 3 is 2.50 bits per heavy atom. The second-order valence-electron chi connectivity index (χ2n) is 4.26. The molecule has 2 rings (SSSR count). The summed E-state index contributed by atoms with van der Waals surface area (Å²) in [6.45, 7) is 6.27. The van der Waals surface area contributed by atoms with Gasteiger partial charge < -0.3 is 5.73 Å². The number of nitrogens with zero attached hydrogens (tertiary/aromatic N) is 2. The summed E-state index contributed by atoms with van der Waals surface area (Å²) in [5.74, 6) is 0.514. The fraction of sp³-hybridized carbons (Fsp3) is 0.231. The highest BCUT2D eigenvalue weighted by Gasteiger charge is 2.01. The number of nitrogens with one attached hydrogen (secondary N) is 1. The quantitative estimate of drug-likeness (QED) is 0.658. The number of aryl methyl sites for hydroxylation is 3. The van der Waals surface area contributed by atoms with E-state index in [1.807, 2.05) is 6.21 Å². The third kappa shape index (κ3) is 2.87. The second-order valence-corrected chi connectivity index (χ2v) is 5.12. The second kappa shape index (κ2) is 5.18. The summed E-state index contributed by atoms with van der Waals surface area (Å²) in [7, 11) is 0. The molecule has 4 nitrogen and oxygen atoms in total. The zero-order valence-corrected chi connectivity index (χ0v) is 11.5. The van der Waals surface area contributed by atoms with E-state index < -0.39 is 0 Å². The largest absolute Gasteiger partial charge is 0.383 e. The number of aromatic nitrogens is 1. The van der Waals surface area contributed by atoms with E-state index in [9.17, 15) is 0 Å². The number of hydrogen-bond acceptors (Lipinski definition) is 5. The Hall–Kier alpha value is -1.88. The van der Waals surface area contributed by atoms with Crippen molar-refractivity contribution in [3.8, 4) is 0 Å². The molecule has 1 aromatic heterocycles. The Balaban J connectivity index is 2.14. The van der Waals surface area contributed by atoms with Crippen molar-refractivity contribution in [2.75, 3.05) is 11.2 Å². The first-order chi connectivity index (χ1) is 8.56. The molecule has 3 N–H and O–H groups in total. The zero-order valence-electron chi connectivity index (χ0n) is 10.7. The average Bonchev–Trinajstić information content (AvgIpc) is 2.68. The van der Waals surface area contributed by atoms with E-state index in [2.05, 4.69) is 48.4 Å². The van der Waals surface area contributed by atoms with Gasteiger partial charge in [-0.1, -0.05) is 17.7 Å². The Bertz CT molecular complexity index is 563. The number of hydrazone groups is 1. The molecule has 0 aliphatic heterocycles. The first-order valence-electron chi connectivity index (χ1n) is 5.64. The van der Waals surface area contributed by atoms with Gasteiger partial charge in [0, 0.05) is 10.9 Å². The monoisotopic (exact) mass is 260 g/mol. The van der Waals surface area contributed by atoms with E-state index in [1.165, 1.54) is 28.0 Å². The predicted molar refractivity (Wildman–Crippen MR) is 78.4 cm³/mol. The van der Waals surface area contributed by atoms with Crippen LogP contribution in [0.3, 0.4) is 0 Å². The summed E-state index contributed by atoms with van der Waals surface area (Å²) >= 11 is 1.43. The minimum absolute atomic E-state index is 0.514. The maximum absolute atomic E-state index is 5.53. The predicted octanol–water partition coefficient (Wildman–Crippen LogP) is 3.10. The SMILES string of the molecule is Cc1cc(C)c(C=NNc2nc(N)cs2)c(C)c1. The maximum Gasteiger partial charge on any atom is 0.205 e. The number of anilines is 2. The molecule has 2 aromatic rings. The molecule has 0 aliphatic rings. The number of nitrogen functional groups attached to an aromatic ring is 1. The van der Waals surface area contributed by atoms with Gasteiger partial charge in [0.25, 0.3) is 0 Å². The van der Waals surface area contributed by atoms with Crippen molar-refractivity contribution >= 4 is 28.5 Å². The van der Waals surface area contributed by atoms with Crippen LogP contribution in [0, 0.1) is 20.8 Å². The highest BCUT2D eigenvalue weighted by atomic mass is 32.1. The summed E-state index contributed by atoms with van der Waals surface area (Å²) in [6.07, 6.45) is 1.82. The molecule has 0 fully saturated rings. The minimum atomic E-state index is 0.514. The number of benzene rings is 1. The van der Waals surface area contributed by atoms with Gasteiger partial charge in [0.05, 0.1) is 6.21 Å². The molecule has 0 radical (unpaired) electrons. The lowest BCUT2D eigenvalue weighted by Gasteiger charge is -2.06. The lowest BCUT2D eigenvalue weighted by atomic mass is 10.0. The Morgan fingerprint density at radius 1 is 1.28 bits per heavy atom. The van der Waals surface area contributed by atoms with Crippen LogP contribution in [0.4, 0.5) is 10.9 Å². The summed E-state index contributed by atoms with van der Waals surface area (Å²) in [5.41, 5.74) is 13.3. The van der Waals surface area contributed by atoms with Crippen molar-refractivity contribution in [2.24, 2.45) is 5.10 Å². The smallest absolute Gasteiger partial charge is 0.205 e. The van der Waals surface area contributed by atoms with E-state index in [-0.39, 0.29) is 0 Å². The lowest BCUT2D eigenvalue weighted by molar-refractivity contribution is 1.27. The zero-order chi connectivity index (χ0) is 13.1. The molecule has 18 heavy (non-hydrogen) atoms. The Kier molecular flexibility index (Phi) is 3.62. The molecule has 1 aromatic carbocycles. The fourth-order valence-electron chi connectivity index (χ4n) is 1.88. The van der Waals surface area contributed by atoms with Gasteiger partial charge in [-0.15, -0.1) is 11.3 Å². The number of hydrogen-bond donors (Lipinski definition) is 2. The van der Waals surface area contributed by atoms with Crippen LogP contribution in [-0.4, -0.2) is 11.2 Å². The molecule has 0 aliphatic carbocycles. The van der Waals surface area contributed by atoms with E-state index in [0.717, 1.165) is 5.56 Å². The number of nitrogens with two attached hydrogens (primary N) is 1. The summed E-state index contributed by atoms with van der Waals surface area (Å²) < 4.78 is 0. The van der Waals surface area contributed by atoms with Crippen LogP contribution in [0.2, 0.25) is 0 Å². The molecule has 94 valence electrons. The number of thiazole rings is 1. The fourth-order valence-corrected chi connectivity index (χ4v) is 2.43. The molecule has 0 amide bonds. The molecule has 0 spiro atoms. The van der Waals surface area contributed by atoms with Gasteiger partial charge in [0.15, 0.2) is 0 Å². The van der Waals surface area contributed by atoms with Crippen molar-refractivity contribution in [2.45, 2.75) is 20.8 Å². The van der Waals surface area contributed by atoms with Crippen LogP contribution in [0.5, 0.6) is 0 Å². The van der Waals surface area contributed by atoms with Gasteiger partial charge in [-0.2, -0.15) is 5.10 Å². The van der Waals surface area contributed by atoms with Gasteiger partial charge in [0.1, 0.15) is 5.82 Å². The van der Waals surface area contributed by atoms with Crippen LogP contribution in [0.25, 0.3) is 0 Å². The van der Waals surface area contributed by atoms with Crippen LogP contribution < -0.4 is 11.2 Å². The first kappa shape index (κ1) is 12.6. The van der Waals surface area contributed by atoms with E-state index in [4.69, 9.17) is 5.73 Å². The third-order valence-corrected chi connectivity index (χ3v) is 3.38. The summed E-state index contributed by atoms with van der Waals surface area (Å²) in [4.78, 5) is 4.07. The van der Waals surface area contributed by atoms with Crippen molar-refractivity contribution in [1.82, 2.24) is 4.98 Å². The summed E-state index contributed by atoms with van der Waals surface area (Å²) in [5, 5.41) is 6.67. The molecule has 0 unspecified atom stereocenters. The Morgan fingerprint density at radius 2 is 1.94 bits per heavy atom. The highest BCUT2D eigenvalue weighted by Crippen LogP contribution is 2.17. The maximum atomic E-state index is 5.53. The van der Waals surface area contributed by atoms with Gasteiger partial charge in [0.2, 0.25) is 5.13 Å². The lowest BCUT2D eigenvalue weighted by Crippen LogP contribution is -1.96. The van der Waals surface area contributed by atoms with E-state index in [0.29, 0.717) is 10.9 Å².